The zero-order chi connectivity index (χ0) is 20.4. The minimum absolute atomic E-state index is 0.0917. The van der Waals surface area contributed by atoms with Crippen molar-refractivity contribution >= 4 is 27.5 Å². The number of para-hydroxylation sites is 2. The van der Waals surface area contributed by atoms with Crippen LogP contribution in [-0.4, -0.2) is 61.7 Å². The van der Waals surface area contributed by atoms with E-state index in [1.165, 1.54) is 4.31 Å². The summed E-state index contributed by atoms with van der Waals surface area (Å²) in [4.78, 5) is 26.7. The summed E-state index contributed by atoms with van der Waals surface area (Å²) in [7, 11) is -3.57. The number of hydrogen-bond donors (Lipinski definition) is 1. The Morgan fingerprint density at radius 2 is 1.66 bits per heavy atom. The molecule has 2 heterocycles. The number of benzene rings is 2. The third-order valence-electron chi connectivity index (χ3n) is 5.04. The monoisotopic (exact) mass is 415 g/mol. The number of carbonyl (C=O) groups is 2. The van der Waals surface area contributed by atoms with Gasteiger partial charge >= 0.3 is 0 Å². The van der Waals surface area contributed by atoms with Crippen LogP contribution in [0.4, 0.5) is 5.69 Å². The number of fused-ring (bicyclic) bond motifs is 1. The summed E-state index contributed by atoms with van der Waals surface area (Å²) < 4.78 is 32.4. The van der Waals surface area contributed by atoms with Crippen LogP contribution in [0.1, 0.15) is 6.42 Å². The Bertz CT molecular complexity index is 1020. The van der Waals surface area contributed by atoms with Gasteiger partial charge in [0.05, 0.1) is 17.0 Å². The number of hydrogen-bond acceptors (Lipinski definition) is 5. The first-order chi connectivity index (χ1) is 13.9. The van der Waals surface area contributed by atoms with E-state index in [9.17, 15) is 18.0 Å². The SMILES string of the molecule is O=C1Nc2ccccc2O[C@@H]1CC(=O)N1CCN(S(=O)(=O)c2ccccc2)CC1. The highest BCUT2D eigenvalue weighted by Crippen LogP contribution is 2.30. The molecular formula is C20H21N3O5S. The van der Waals surface area contributed by atoms with Crippen LogP contribution in [0.5, 0.6) is 5.75 Å². The predicted octanol–water partition coefficient (Wildman–Crippen LogP) is 1.31. The molecule has 0 aromatic heterocycles. The highest BCUT2D eigenvalue weighted by atomic mass is 32.2. The molecule has 152 valence electrons. The average molecular weight is 415 g/mol. The minimum Gasteiger partial charge on any atom is -0.478 e. The Balaban J connectivity index is 1.36. The lowest BCUT2D eigenvalue weighted by Gasteiger charge is -2.35. The number of piperazine rings is 1. The fraction of sp³-hybridized carbons (Fsp3) is 0.300. The quantitative estimate of drug-likeness (QED) is 0.812. The van der Waals surface area contributed by atoms with Crippen molar-refractivity contribution in [3.8, 4) is 5.75 Å². The lowest BCUT2D eigenvalue weighted by molar-refractivity contribution is -0.138. The maximum Gasteiger partial charge on any atom is 0.266 e. The Kier molecular flexibility index (Phi) is 5.25. The molecule has 2 aliphatic rings. The van der Waals surface area contributed by atoms with Crippen LogP contribution >= 0.6 is 0 Å². The molecule has 1 fully saturated rings. The van der Waals surface area contributed by atoms with Crippen LogP contribution in [0.15, 0.2) is 59.5 Å². The van der Waals surface area contributed by atoms with Crippen molar-refractivity contribution < 1.29 is 22.7 Å². The molecule has 2 amide bonds. The molecule has 0 aliphatic carbocycles. The molecule has 9 heteroatoms. The van der Waals surface area contributed by atoms with Crippen molar-refractivity contribution in [1.29, 1.82) is 0 Å². The maximum absolute atomic E-state index is 12.7. The molecule has 0 unspecified atom stereocenters. The van der Waals surface area contributed by atoms with Crippen molar-refractivity contribution in [2.75, 3.05) is 31.5 Å². The average Bonchev–Trinajstić information content (AvgIpc) is 2.75. The Labute approximate surface area is 169 Å². The molecular weight excluding hydrogens is 394 g/mol. The van der Waals surface area contributed by atoms with Crippen LogP contribution in [0.25, 0.3) is 0 Å². The van der Waals surface area contributed by atoms with Gasteiger partial charge in [-0.2, -0.15) is 4.31 Å². The van der Waals surface area contributed by atoms with Crippen LogP contribution in [0, 0.1) is 0 Å². The number of ether oxygens (including phenoxy) is 1. The largest absolute Gasteiger partial charge is 0.478 e. The lowest BCUT2D eigenvalue weighted by Crippen LogP contribution is -2.51. The van der Waals surface area contributed by atoms with Gasteiger partial charge in [0.2, 0.25) is 15.9 Å². The lowest BCUT2D eigenvalue weighted by atomic mass is 10.1. The Morgan fingerprint density at radius 1 is 1.00 bits per heavy atom. The highest BCUT2D eigenvalue weighted by molar-refractivity contribution is 7.89. The Hall–Kier alpha value is -2.91. The van der Waals surface area contributed by atoms with Crippen molar-refractivity contribution in [1.82, 2.24) is 9.21 Å². The molecule has 0 saturated carbocycles. The third-order valence-corrected chi connectivity index (χ3v) is 6.95. The summed E-state index contributed by atoms with van der Waals surface area (Å²) >= 11 is 0. The maximum atomic E-state index is 12.7. The molecule has 0 spiro atoms. The van der Waals surface area contributed by atoms with Crippen LogP contribution in [-0.2, 0) is 19.6 Å². The summed E-state index contributed by atoms with van der Waals surface area (Å²) in [5.74, 6) is -0.0627. The number of carbonyl (C=O) groups excluding carboxylic acids is 2. The second-order valence-corrected chi connectivity index (χ2v) is 8.83. The first kappa shape index (κ1) is 19.4. The van der Waals surface area contributed by atoms with Crippen molar-refractivity contribution in [3.05, 3.63) is 54.6 Å². The van der Waals surface area contributed by atoms with E-state index in [2.05, 4.69) is 5.32 Å². The fourth-order valence-corrected chi connectivity index (χ4v) is 4.88. The molecule has 1 atom stereocenters. The van der Waals surface area contributed by atoms with E-state index in [-0.39, 0.29) is 49.3 Å². The van der Waals surface area contributed by atoms with E-state index in [0.717, 1.165) is 0 Å². The molecule has 29 heavy (non-hydrogen) atoms. The van der Waals surface area contributed by atoms with Crippen molar-refractivity contribution in [2.24, 2.45) is 0 Å². The zero-order valence-electron chi connectivity index (χ0n) is 15.7. The molecule has 4 rings (SSSR count). The van der Waals surface area contributed by atoms with Crippen LogP contribution in [0.3, 0.4) is 0 Å². The van der Waals surface area contributed by atoms with Crippen LogP contribution < -0.4 is 10.1 Å². The van der Waals surface area contributed by atoms with E-state index < -0.39 is 16.1 Å². The summed E-state index contributed by atoms with van der Waals surface area (Å²) in [6.07, 6.45) is -0.991. The molecule has 1 saturated heterocycles. The van der Waals surface area contributed by atoms with Gasteiger partial charge in [0.15, 0.2) is 6.10 Å². The number of rotatable bonds is 4. The van der Waals surface area contributed by atoms with E-state index in [0.29, 0.717) is 11.4 Å². The zero-order valence-corrected chi connectivity index (χ0v) is 16.5. The number of amides is 2. The number of nitrogens with one attached hydrogen (secondary N) is 1. The van der Waals surface area contributed by atoms with Crippen LogP contribution in [0.2, 0.25) is 0 Å². The van der Waals surface area contributed by atoms with E-state index >= 15 is 0 Å². The molecule has 2 aromatic rings. The number of sulfonamides is 1. The second kappa shape index (κ2) is 7.84. The number of nitrogens with zero attached hydrogens (tertiary/aromatic N) is 2. The van der Waals surface area contributed by atoms with Gasteiger partial charge < -0.3 is 15.0 Å². The normalized spacial score (nSPS) is 19.8. The van der Waals surface area contributed by atoms with Gasteiger partial charge in [-0.05, 0) is 24.3 Å². The predicted molar refractivity (Wildman–Crippen MR) is 106 cm³/mol. The highest BCUT2D eigenvalue weighted by Gasteiger charge is 2.34. The fourth-order valence-electron chi connectivity index (χ4n) is 3.43. The second-order valence-electron chi connectivity index (χ2n) is 6.89. The number of anilines is 1. The van der Waals surface area contributed by atoms with Gasteiger partial charge in [-0.15, -0.1) is 0 Å². The van der Waals surface area contributed by atoms with Gasteiger partial charge in [-0.1, -0.05) is 30.3 Å². The summed E-state index contributed by atoms with van der Waals surface area (Å²) in [5.41, 5.74) is 0.584. The van der Waals surface area contributed by atoms with Gasteiger partial charge in [-0.3, -0.25) is 9.59 Å². The molecule has 2 aliphatic heterocycles. The van der Waals surface area contributed by atoms with Crippen molar-refractivity contribution in [3.63, 3.8) is 0 Å². The molecule has 0 radical (unpaired) electrons. The third kappa shape index (κ3) is 3.96. The Morgan fingerprint density at radius 3 is 2.38 bits per heavy atom. The summed E-state index contributed by atoms with van der Waals surface area (Å²) in [6, 6.07) is 15.3. The molecule has 1 N–H and O–H groups in total. The van der Waals surface area contributed by atoms with Gasteiger partial charge in [0, 0.05) is 26.2 Å². The van der Waals surface area contributed by atoms with E-state index in [1.54, 1.807) is 59.5 Å². The summed E-state index contributed by atoms with van der Waals surface area (Å²) in [6.45, 7) is 0.971. The summed E-state index contributed by atoms with van der Waals surface area (Å²) in [5, 5.41) is 2.74. The van der Waals surface area contributed by atoms with Crippen molar-refractivity contribution in [2.45, 2.75) is 17.4 Å². The van der Waals surface area contributed by atoms with Gasteiger partial charge in [0.25, 0.3) is 5.91 Å². The van der Waals surface area contributed by atoms with Gasteiger partial charge in [-0.25, -0.2) is 8.42 Å². The smallest absolute Gasteiger partial charge is 0.266 e. The topological polar surface area (TPSA) is 96.0 Å². The standard InChI is InChI=1S/C20H21N3O5S/c24-19(14-18-20(25)21-16-8-4-5-9-17(16)28-18)22-10-12-23(13-11-22)29(26,27)15-6-2-1-3-7-15/h1-9,18H,10-14H2,(H,21,25)/t18-/m1/s1. The van der Waals surface area contributed by atoms with Gasteiger partial charge in [0.1, 0.15) is 5.75 Å². The molecule has 8 nitrogen and oxygen atoms in total. The molecule has 2 aromatic carbocycles. The molecule has 0 bridgehead atoms. The minimum atomic E-state index is -3.57. The van der Waals surface area contributed by atoms with E-state index in [1.807, 2.05) is 0 Å². The first-order valence-corrected chi connectivity index (χ1v) is 10.8. The first-order valence-electron chi connectivity index (χ1n) is 9.35. The van der Waals surface area contributed by atoms with E-state index in [4.69, 9.17) is 4.74 Å².